The molecule has 2 atom stereocenters. The van der Waals surface area contributed by atoms with Gasteiger partial charge in [-0.3, -0.25) is 4.79 Å². The number of nitrogens with zero attached hydrogens (tertiary/aromatic N) is 2. The lowest BCUT2D eigenvalue weighted by Gasteiger charge is -2.36. The molecule has 132 valence electrons. The number of carbonyl (C=O) groups excluding carboxylic acids is 1. The molecule has 0 radical (unpaired) electrons. The van der Waals surface area contributed by atoms with Crippen molar-refractivity contribution in [2.45, 2.75) is 56.4 Å². The Bertz CT molecular complexity index is 611. The summed E-state index contributed by atoms with van der Waals surface area (Å²) < 4.78 is 11.5. The second-order valence-corrected chi connectivity index (χ2v) is 7.57. The topological polar surface area (TPSA) is 89.3 Å². The van der Waals surface area contributed by atoms with Gasteiger partial charge in [-0.05, 0) is 31.7 Å². The van der Waals surface area contributed by atoms with Crippen LogP contribution in [0.4, 0.5) is 0 Å². The van der Waals surface area contributed by atoms with Crippen molar-refractivity contribution in [3.63, 3.8) is 0 Å². The van der Waals surface area contributed by atoms with Crippen molar-refractivity contribution < 1.29 is 14.1 Å². The van der Waals surface area contributed by atoms with E-state index in [2.05, 4.69) is 15.8 Å². The highest BCUT2D eigenvalue weighted by atomic mass is 16.5. The standard InChI is InChI=1S/C17H26N4O3/c1-12(22)20-17(6-3-2-4-7-17)14-19-15(24-21-14)16-10-18-9-13(16)5-8-23-11-16/h13,18H,2-11H2,1H3,(H,20,22)/t13-,16+/m1/s1. The van der Waals surface area contributed by atoms with Crippen LogP contribution in [-0.4, -0.2) is 42.4 Å². The summed E-state index contributed by atoms with van der Waals surface area (Å²) in [5.41, 5.74) is -0.685. The van der Waals surface area contributed by atoms with E-state index in [0.29, 0.717) is 24.2 Å². The summed E-state index contributed by atoms with van der Waals surface area (Å²) in [6.45, 7) is 4.76. The van der Waals surface area contributed by atoms with Crippen molar-refractivity contribution in [3.05, 3.63) is 11.7 Å². The molecule has 1 saturated carbocycles. The summed E-state index contributed by atoms with van der Waals surface area (Å²) in [7, 11) is 0. The molecule has 1 aromatic heterocycles. The smallest absolute Gasteiger partial charge is 0.236 e. The molecule has 4 rings (SSSR count). The van der Waals surface area contributed by atoms with Crippen LogP contribution >= 0.6 is 0 Å². The Morgan fingerprint density at radius 3 is 2.96 bits per heavy atom. The number of ether oxygens (including phenoxy) is 1. The van der Waals surface area contributed by atoms with Crippen molar-refractivity contribution in [2.75, 3.05) is 26.3 Å². The Morgan fingerprint density at radius 1 is 1.33 bits per heavy atom. The average molecular weight is 334 g/mol. The molecule has 24 heavy (non-hydrogen) atoms. The number of hydrogen-bond acceptors (Lipinski definition) is 6. The number of nitrogens with one attached hydrogen (secondary N) is 2. The molecule has 0 aromatic carbocycles. The van der Waals surface area contributed by atoms with Crippen LogP contribution in [0.2, 0.25) is 0 Å². The van der Waals surface area contributed by atoms with Crippen molar-refractivity contribution in [3.8, 4) is 0 Å². The van der Waals surface area contributed by atoms with Crippen LogP contribution in [0.3, 0.4) is 0 Å². The summed E-state index contributed by atoms with van der Waals surface area (Å²) in [5.74, 6) is 1.74. The Morgan fingerprint density at radius 2 is 2.17 bits per heavy atom. The largest absolute Gasteiger partial charge is 0.380 e. The first-order valence-electron chi connectivity index (χ1n) is 9.07. The normalized spacial score (nSPS) is 32.3. The maximum atomic E-state index is 11.8. The van der Waals surface area contributed by atoms with Crippen molar-refractivity contribution >= 4 is 5.91 Å². The zero-order chi connectivity index (χ0) is 16.6. The van der Waals surface area contributed by atoms with Crippen molar-refractivity contribution in [1.29, 1.82) is 0 Å². The van der Waals surface area contributed by atoms with E-state index >= 15 is 0 Å². The average Bonchev–Trinajstić information content (AvgIpc) is 3.23. The third kappa shape index (κ3) is 2.54. The minimum Gasteiger partial charge on any atom is -0.380 e. The van der Waals surface area contributed by atoms with E-state index in [1.54, 1.807) is 6.92 Å². The van der Waals surface area contributed by atoms with Gasteiger partial charge in [0.25, 0.3) is 0 Å². The second kappa shape index (κ2) is 6.11. The molecule has 3 aliphatic rings. The van der Waals surface area contributed by atoms with E-state index in [1.165, 1.54) is 6.42 Å². The van der Waals surface area contributed by atoms with Crippen molar-refractivity contribution in [2.24, 2.45) is 5.92 Å². The number of rotatable bonds is 3. The van der Waals surface area contributed by atoms with Gasteiger partial charge >= 0.3 is 0 Å². The van der Waals surface area contributed by atoms with Crippen LogP contribution < -0.4 is 10.6 Å². The molecule has 2 saturated heterocycles. The van der Waals surface area contributed by atoms with Gasteiger partial charge in [-0.25, -0.2) is 0 Å². The van der Waals surface area contributed by atoms with Gasteiger partial charge in [0.1, 0.15) is 5.54 Å². The predicted octanol–water partition coefficient (Wildman–Crippen LogP) is 1.24. The first kappa shape index (κ1) is 16.0. The molecule has 0 bridgehead atoms. The zero-order valence-corrected chi connectivity index (χ0v) is 14.3. The highest BCUT2D eigenvalue weighted by molar-refractivity contribution is 5.74. The van der Waals surface area contributed by atoms with E-state index in [9.17, 15) is 4.79 Å². The lowest BCUT2D eigenvalue weighted by Crippen LogP contribution is -2.47. The molecule has 1 aromatic rings. The van der Waals surface area contributed by atoms with Crippen LogP contribution in [0.5, 0.6) is 0 Å². The fraction of sp³-hybridized carbons (Fsp3) is 0.824. The van der Waals surface area contributed by atoms with Crippen LogP contribution in [-0.2, 0) is 20.5 Å². The Labute approximate surface area is 141 Å². The second-order valence-electron chi connectivity index (χ2n) is 7.57. The molecular weight excluding hydrogens is 308 g/mol. The quantitative estimate of drug-likeness (QED) is 0.864. The van der Waals surface area contributed by atoms with Gasteiger partial charge in [0, 0.05) is 20.1 Å². The number of hydrogen-bond donors (Lipinski definition) is 2. The third-order valence-corrected chi connectivity index (χ3v) is 5.99. The first-order chi connectivity index (χ1) is 11.6. The number of amides is 1. The maximum absolute atomic E-state index is 11.8. The minimum absolute atomic E-state index is 0.0391. The summed E-state index contributed by atoms with van der Waals surface area (Å²) in [6.07, 6.45) is 6.09. The molecule has 1 aliphatic carbocycles. The molecule has 2 aliphatic heterocycles. The lowest BCUT2D eigenvalue weighted by atomic mass is 9.75. The van der Waals surface area contributed by atoms with Gasteiger partial charge in [-0.2, -0.15) is 4.98 Å². The first-order valence-corrected chi connectivity index (χ1v) is 9.07. The molecule has 3 fully saturated rings. The monoisotopic (exact) mass is 334 g/mol. The van der Waals surface area contributed by atoms with Gasteiger partial charge in [0.15, 0.2) is 5.82 Å². The van der Waals surface area contributed by atoms with Crippen molar-refractivity contribution in [1.82, 2.24) is 20.8 Å². The zero-order valence-electron chi connectivity index (χ0n) is 14.3. The predicted molar refractivity (Wildman–Crippen MR) is 86.4 cm³/mol. The van der Waals surface area contributed by atoms with E-state index in [1.807, 2.05) is 0 Å². The van der Waals surface area contributed by atoms with Crippen LogP contribution in [0.1, 0.15) is 57.2 Å². The number of aromatic nitrogens is 2. The van der Waals surface area contributed by atoms with Gasteiger partial charge in [0.2, 0.25) is 11.8 Å². The Hall–Kier alpha value is -1.47. The molecule has 1 amide bonds. The Kier molecular flexibility index (Phi) is 4.08. The summed E-state index contributed by atoms with van der Waals surface area (Å²) in [5, 5.41) is 10.9. The van der Waals surface area contributed by atoms with Crippen LogP contribution in [0.25, 0.3) is 0 Å². The van der Waals surface area contributed by atoms with Crippen LogP contribution in [0, 0.1) is 5.92 Å². The summed E-state index contributed by atoms with van der Waals surface area (Å²) >= 11 is 0. The fourth-order valence-corrected chi connectivity index (χ4v) is 4.67. The number of fused-ring (bicyclic) bond motifs is 1. The van der Waals surface area contributed by atoms with E-state index in [4.69, 9.17) is 14.2 Å². The fourth-order valence-electron chi connectivity index (χ4n) is 4.67. The molecular formula is C17H26N4O3. The SMILES string of the molecule is CC(=O)NC1(c2noc([C@]34CNC[C@H]3CCOC4)n2)CCCCC1. The summed E-state index contributed by atoms with van der Waals surface area (Å²) in [4.78, 5) is 16.6. The molecule has 0 spiro atoms. The van der Waals surface area contributed by atoms with Gasteiger partial charge in [-0.1, -0.05) is 24.4 Å². The molecule has 2 N–H and O–H groups in total. The van der Waals surface area contributed by atoms with Crippen LogP contribution in [0.15, 0.2) is 4.52 Å². The highest BCUT2D eigenvalue weighted by Gasteiger charge is 2.51. The summed E-state index contributed by atoms with van der Waals surface area (Å²) in [6, 6.07) is 0. The highest BCUT2D eigenvalue weighted by Crippen LogP contribution is 2.42. The number of carbonyl (C=O) groups is 1. The van der Waals surface area contributed by atoms with E-state index < -0.39 is 5.54 Å². The lowest BCUT2D eigenvalue weighted by molar-refractivity contribution is -0.121. The minimum atomic E-state index is -0.473. The molecule has 7 nitrogen and oxygen atoms in total. The van der Waals surface area contributed by atoms with Gasteiger partial charge in [-0.15, -0.1) is 0 Å². The third-order valence-electron chi connectivity index (χ3n) is 5.99. The van der Waals surface area contributed by atoms with E-state index in [-0.39, 0.29) is 11.3 Å². The Balaban J connectivity index is 1.66. The van der Waals surface area contributed by atoms with Gasteiger partial charge in [0.05, 0.1) is 12.0 Å². The van der Waals surface area contributed by atoms with E-state index in [0.717, 1.165) is 51.8 Å². The molecule has 7 heteroatoms. The van der Waals surface area contributed by atoms with Gasteiger partial charge < -0.3 is 19.9 Å². The molecule has 3 heterocycles. The molecule has 0 unspecified atom stereocenters. The maximum Gasteiger partial charge on any atom is 0.236 e.